The smallest absolute Gasteiger partial charge is 0.0464 e. The minimum absolute atomic E-state index is 0.552. The van der Waals surface area contributed by atoms with Gasteiger partial charge in [-0.3, -0.25) is 0 Å². The van der Waals surface area contributed by atoms with Gasteiger partial charge in [-0.15, -0.1) is 0 Å². The predicted octanol–water partition coefficient (Wildman–Crippen LogP) is 2.00. The topological polar surface area (TPSA) is 52.0 Å². The average molecular weight is 227 g/mol. The largest absolute Gasteiger partial charge is 0.398 e. The van der Waals surface area contributed by atoms with E-state index in [9.17, 15) is 0 Å². The highest BCUT2D eigenvalue weighted by Gasteiger charge is 1.93. The van der Waals surface area contributed by atoms with Crippen LogP contribution in [0.1, 0.15) is 5.56 Å². The van der Waals surface area contributed by atoms with Crippen molar-refractivity contribution in [1.29, 1.82) is 0 Å². The number of nitrogen functional groups attached to an aromatic ring is 1. The summed E-state index contributed by atoms with van der Waals surface area (Å²) in [6.07, 6.45) is 3.84. The molecule has 0 unspecified atom stereocenters. The number of rotatable bonds is 2. The molecule has 0 saturated carbocycles. The SMILES string of the molecule is NC/C=C/c1ccc(Br)c(N)c1. The number of hydrogen-bond acceptors (Lipinski definition) is 2. The molecule has 1 aromatic carbocycles. The van der Waals surface area contributed by atoms with E-state index < -0.39 is 0 Å². The fourth-order valence-corrected chi connectivity index (χ4v) is 1.12. The molecule has 0 aliphatic rings. The van der Waals surface area contributed by atoms with Crippen molar-refractivity contribution in [2.45, 2.75) is 0 Å². The van der Waals surface area contributed by atoms with Crippen molar-refractivity contribution in [1.82, 2.24) is 0 Å². The molecule has 0 aliphatic heterocycles. The zero-order chi connectivity index (χ0) is 8.97. The van der Waals surface area contributed by atoms with Gasteiger partial charge in [0.1, 0.15) is 0 Å². The van der Waals surface area contributed by atoms with Crippen molar-refractivity contribution >= 4 is 27.7 Å². The van der Waals surface area contributed by atoms with E-state index in [0.717, 1.165) is 15.7 Å². The Labute approximate surface area is 80.4 Å². The minimum atomic E-state index is 0.552. The molecule has 64 valence electrons. The quantitative estimate of drug-likeness (QED) is 0.759. The van der Waals surface area contributed by atoms with E-state index in [1.807, 2.05) is 30.4 Å². The Balaban J connectivity index is 2.89. The van der Waals surface area contributed by atoms with Crippen LogP contribution in [0, 0.1) is 0 Å². The van der Waals surface area contributed by atoms with Gasteiger partial charge in [0.15, 0.2) is 0 Å². The summed E-state index contributed by atoms with van der Waals surface area (Å²) < 4.78 is 0.924. The van der Waals surface area contributed by atoms with Gasteiger partial charge in [-0.1, -0.05) is 18.2 Å². The number of halogens is 1. The third-order valence-electron chi connectivity index (χ3n) is 1.47. The van der Waals surface area contributed by atoms with Crippen LogP contribution in [-0.2, 0) is 0 Å². The number of benzene rings is 1. The highest BCUT2D eigenvalue weighted by molar-refractivity contribution is 9.10. The van der Waals surface area contributed by atoms with E-state index in [-0.39, 0.29) is 0 Å². The van der Waals surface area contributed by atoms with Gasteiger partial charge in [-0.25, -0.2) is 0 Å². The Kier molecular flexibility index (Phi) is 3.31. The first-order valence-corrected chi connectivity index (χ1v) is 4.45. The highest BCUT2D eigenvalue weighted by atomic mass is 79.9. The van der Waals surface area contributed by atoms with E-state index in [0.29, 0.717) is 6.54 Å². The number of anilines is 1. The second-order valence-electron chi connectivity index (χ2n) is 2.42. The van der Waals surface area contributed by atoms with Gasteiger partial charge in [-0.05, 0) is 33.6 Å². The van der Waals surface area contributed by atoms with Crippen molar-refractivity contribution in [3.05, 3.63) is 34.3 Å². The standard InChI is InChI=1S/C9H11BrN2/c10-8-4-3-7(2-1-5-11)6-9(8)12/h1-4,6H,5,11-12H2/b2-1+. The van der Waals surface area contributed by atoms with Crippen LogP contribution < -0.4 is 11.5 Å². The van der Waals surface area contributed by atoms with Crippen molar-refractivity contribution < 1.29 is 0 Å². The molecule has 0 amide bonds. The molecule has 0 bridgehead atoms. The average Bonchev–Trinajstić information content (AvgIpc) is 2.07. The molecule has 0 saturated heterocycles. The lowest BCUT2D eigenvalue weighted by atomic mass is 10.2. The molecular formula is C9H11BrN2. The second-order valence-corrected chi connectivity index (χ2v) is 3.27. The Morgan fingerprint density at radius 1 is 1.42 bits per heavy atom. The van der Waals surface area contributed by atoms with E-state index in [1.54, 1.807) is 0 Å². The Morgan fingerprint density at radius 2 is 2.17 bits per heavy atom. The lowest BCUT2D eigenvalue weighted by Crippen LogP contribution is -1.92. The molecule has 12 heavy (non-hydrogen) atoms. The molecule has 1 rings (SSSR count). The lowest BCUT2D eigenvalue weighted by Gasteiger charge is -1.98. The first-order chi connectivity index (χ1) is 5.74. The molecule has 0 fully saturated rings. The molecule has 2 nitrogen and oxygen atoms in total. The maximum absolute atomic E-state index is 5.68. The van der Waals surface area contributed by atoms with Crippen LogP contribution in [-0.4, -0.2) is 6.54 Å². The molecule has 4 N–H and O–H groups in total. The van der Waals surface area contributed by atoms with Crippen LogP contribution in [0.3, 0.4) is 0 Å². The van der Waals surface area contributed by atoms with E-state index in [2.05, 4.69) is 15.9 Å². The third kappa shape index (κ3) is 2.36. The van der Waals surface area contributed by atoms with Crippen molar-refractivity contribution in [3.63, 3.8) is 0 Å². The first kappa shape index (κ1) is 9.29. The van der Waals surface area contributed by atoms with Crippen molar-refractivity contribution in [3.8, 4) is 0 Å². The molecular weight excluding hydrogens is 216 g/mol. The van der Waals surface area contributed by atoms with Gasteiger partial charge in [0, 0.05) is 16.7 Å². The molecule has 0 aromatic heterocycles. The maximum Gasteiger partial charge on any atom is 0.0464 e. The van der Waals surface area contributed by atoms with Crippen molar-refractivity contribution in [2.24, 2.45) is 5.73 Å². The zero-order valence-electron chi connectivity index (χ0n) is 6.63. The summed E-state index contributed by atoms with van der Waals surface area (Å²) in [5.74, 6) is 0. The summed E-state index contributed by atoms with van der Waals surface area (Å²) in [6, 6.07) is 5.80. The van der Waals surface area contributed by atoms with Gasteiger partial charge in [-0.2, -0.15) is 0 Å². The van der Waals surface area contributed by atoms with E-state index in [4.69, 9.17) is 11.5 Å². The normalized spacial score (nSPS) is 10.8. The summed E-state index contributed by atoms with van der Waals surface area (Å²) in [5, 5.41) is 0. The summed E-state index contributed by atoms with van der Waals surface area (Å²) in [4.78, 5) is 0. The van der Waals surface area contributed by atoms with Crippen LogP contribution in [0.15, 0.2) is 28.7 Å². The maximum atomic E-state index is 5.68. The minimum Gasteiger partial charge on any atom is -0.398 e. The lowest BCUT2D eigenvalue weighted by molar-refractivity contribution is 1.26. The second kappa shape index (κ2) is 4.28. The Bertz CT molecular complexity index is 295. The fourth-order valence-electron chi connectivity index (χ4n) is 0.870. The van der Waals surface area contributed by atoms with Gasteiger partial charge < -0.3 is 11.5 Å². The van der Waals surface area contributed by atoms with Crippen LogP contribution in [0.5, 0.6) is 0 Å². The van der Waals surface area contributed by atoms with E-state index >= 15 is 0 Å². The highest BCUT2D eigenvalue weighted by Crippen LogP contribution is 2.20. The van der Waals surface area contributed by atoms with Crippen LogP contribution in [0.4, 0.5) is 5.69 Å². The van der Waals surface area contributed by atoms with Crippen LogP contribution >= 0.6 is 15.9 Å². The summed E-state index contributed by atoms with van der Waals surface area (Å²) in [5.41, 5.74) is 12.8. The fraction of sp³-hybridized carbons (Fsp3) is 0.111. The Morgan fingerprint density at radius 3 is 2.75 bits per heavy atom. The summed E-state index contributed by atoms with van der Waals surface area (Å²) in [7, 11) is 0. The Hall–Kier alpha value is -0.800. The van der Waals surface area contributed by atoms with Gasteiger partial charge in [0.05, 0.1) is 0 Å². The molecule has 0 spiro atoms. The monoisotopic (exact) mass is 226 g/mol. The van der Waals surface area contributed by atoms with Crippen LogP contribution in [0.25, 0.3) is 6.08 Å². The van der Waals surface area contributed by atoms with E-state index in [1.165, 1.54) is 0 Å². The summed E-state index contributed by atoms with van der Waals surface area (Å²) >= 11 is 3.32. The van der Waals surface area contributed by atoms with Crippen molar-refractivity contribution in [2.75, 3.05) is 12.3 Å². The van der Waals surface area contributed by atoms with Gasteiger partial charge in [0.25, 0.3) is 0 Å². The van der Waals surface area contributed by atoms with Gasteiger partial charge >= 0.3 is 0 Å². The molecule has 0 heterocycles. The van der Waals surface area contributed by atoms with Gasteiger partial charge in [0.2, 0.25) is 0 Å². The first-order valence-electron chi connectivity index (χ1n) is 3.65. The number of nitrogens with two attached hydrogens (primary N) is 2. The molecule has 0 radical (unpaired) electrons. The predicted molar refractivity (Wildman–Crippen MR) is 56.6 cm³/mol. The third-order valence-corrected chi connectivity index (χ3v) is 2.19. The molecule has 1 aromatic rings. The molecule has 0 atom stereocenters. The number of hydrogen-bond donors (Lipinski definition) is 2. The zero-order valence-corrected chi connectivity index (χ0v) is 8.21. The molecule has 0 aliphatic carbocycles. The molecule has 3 heteroatoms. The summed E-state index contributed by atoms with van der Waals surface area (Å²) in [6.45, 7) is 0.552. The van der Waals surface area contributed by atoms with Crippen LogP contribution in [0.2, 0.25) is 0 Å².